The Morgan fingerprint density at radius 3 is 2.89 bits per heavy atom. The van der Waals surface area contributed by atoms with Gasteiger partial charge in [0.1, 0.15) is 0 Å². The second-order valence-corrected chi connectivity index (χ2v) is 6.47. The molecular formula is C14H18BrN3S. The summed E-state index contributed by atoms with van der Waals surface area (Å²) in [6.45, 7) is 2.21. The first-order chi connectivity index (χ1) is 9.04. The van der Waals surface area contributed by atoms with Crippen molar-refractivity contribution in [1.82, 2.24) is 4.98 Å². The lowest BCUT2D eigenvalue weighted by molar-refractivity contribution is 0.769. The molecule has 0 aliphatic heterocycles. The van der Waals surface area contributed by atoms with E-state index >= 15 is 0 Å². The van der Waals surface area contributed by atoms with Crippen LogP contribution < -0.4 is 10.6 Å². The molecule has 2 N–H and O–H groups in total. The normalized spacial score (nSPS) is 12.6. The quantitative estimate of drug-likeness (QED) is 0.920. The molecule has 0 saturated carbocycles. The first kappa shape index (κ1) is 14.5. The average Bonchev–Trinajstić information content (AvgIpc) is 2.38. The highest BCUT2D eigenvalue weighted by atomic mass is 79.9. The van der Waals surface area contributed by atoms with Gasteiger partial charge in [-0.1, -0.05) is 15.9 Å². The van der Waals surface area contributed by atoms with Gasteiger partial charge in [0, 0.05) is 28.7 Å². The van der Waals surface area contributed by atoms with Crippen molar-refractivity contribution in [2.24, 2.45) is 0 Å². The predicted octanol–water partition coefficient (Wildman–Crippen LogP) is 3.77. The van der Waals surface area contributed by atoms with Crippen LogP contribution in [0.4, 0.5) is 11.4 Å². The van der Waals surface area contributed by atoms with Crippen LogP contribution in [0.25, 0.3) is 10.9 Å². The molecule has 0 bridgehead atoms. The number of hydrogen-bond donors (Lipinski definition) is 1. The molecule has 1 aromatic carbocycles. The molecule has 0 radical (unpaired) electrons. The summed E-state index contributed by atoms with van der Waals surface area (Å²) in [7, 11) is 2.09. The van der Waals surface area contributed by atoms with Crippen molar-refractivity contribution in [1.29, 1.82) is 0 Å². The van der Waals surface area contributed by atoms with Gasteiger partial charge in [-0.2, -0.15) is 11.8 Å². The van der Waals surface area contributed by atoms with Crippen molar-refractivity contribution in [2.45, 2.75) is 13.0 Å². The fourth-order valence-corrected chi connectivity index (χ4v) is 3.20. The minimum Gasteiger partial charge on any atom is -0.396 e. The number of nitrogen functional groups attached to an aromatic ring is 1. The van der Waals surface area contributed by atoms with Gasteiger partial charge in [0.05, 0.1) is 23.1 Å². The van der Waals surface area contributed by atoms with Gasteiger partial charge in [0.25, 0.3) is 0 Å². The Labute approximate surface area is 126 Å². The van der Waals surface area contributed by atoms with Crippen molar-refractivity contribution in [3.05, 3.63) is 28.9 Å². The molecule has 0 fully saturated rings. The smallest absolute Gasteiger partial charge is 0.0745 e. The summed E-state index contributed by atoms with van der Waals surface area (Å²) in [6, 6.07) is 6.51. The summed E-state index contributed by atoms with van der Waals surface area (Å²) in [5.41, 5.74) is 8.90. The van der Waals surface area contributed by atoms with E-state index in [9.17, 15) is 0 Å². The van der Waals surface area contributed by atoms with Crippen LogP contribution in [0.15, 0.2) is 28.9 Å². The Balaban J connectivity index is 2.57. The number of nitrogens with two attached hydrogens (primary N) is 1. The Hall–Kier alpha value is -0.940. The number of pyridine rings is 1. The van der Waals surface area contributed by atoms with Gasteiger partial charge in [-0.15, -0.1) is 0 Å². The van der Waals surface area contributed by atoms with E-state index in [4.69, 9.17) is 5.73 Å². The maximum Gasteiger partial charge on any atom is 0.0745 e. The Kier molecular flexibility index (Phi) is 4.58. The Bertz CT molecular complexity index is 583. The summed E-state index contributed by atoms with van der Waals surface area (Å²) < 4.78 is 1.04. The van der Waals surface area contributed by atoms with E-state index in [2.05, 4.69) is 52.1 Å². The molecular weight excluding hydrogens is 322 g/mol. The van der Waals surface area contributed by atoms with Crippen molar-refractivity contribution >= 4 is 50.0 Å². The third-order valence-corrected chi connectivity index (χ3v) is 4.56. The van der Waals surface area contributed by atoms with E-state index in [1.165, 1.54) is 0 Å². The van der Waals surface area contributed by atoms with Gasteiger partial charge >= 0.3 is 0 Å². The lowest BCUT2D eigenvalue weighted by atomic mass is 10.1. The number of benzene rings is 1. The summed E-state index contributed by atoms with van der Waals surface area (Å²) >= 11 is 5.36. The van der Waals surface area contributed by atoms with Crippen LogP contribution in [-0.4, -0.2) is 30.1 Å². The second kappa shape index (κ2) is 6.01. The largest absolute Gasteiger partial charge is 0.396 e. The zero-order valence-electron chi connectivity index (χ0n) is 11.4. The monoisotopic (exact) mass is 339 g/mol. The fourth-order valence-electron chi connectivity index (χ4n) is 2.13. The van der Waals surface area contributed by atoms with Gasteiger partial charge in [0.2, 0.25) is 0 Å². The number of nitrogens with zero attached hydrogens (tertiary/aromatic N) is 2. The molecule has 0 amide bonds. The first-order valence-corrected chi connectivity index (χ1v) is 8.28. The molecule has 0 aliphatic carbocycles. The molecule has 1 atom stereocenters. The molecule has 3 nitrogen and oxygen atoms in total. The number of anilines is 2. The fraction of sp³-hybridized carbons (Fsp3) is 0.357. The summed E-state index contributed by atoms with van der Waals surface area (Å²) in [4.78, 5) is 6.63. The van der Waals surface area contributed by atoms with Gasteiger partial charge in [-0.25, -0.2) is 0 Å². The number of rotatable bonds is 4. The molecule has 0 spiro atoms. The third-order valence-electron chi connectivity index (χ3n) is 3.25. The topological polar surface area (TPSA) is 42.1 Å². The minimum absolute atomic E-state index is 0.418. The summed E-state index contributed by atoms with van der Waals surface area (Å²) in [5.74, 6) is 1.06. The van der Waals surface area contributed by atoms with Gasteiger partial charge < -0.3 is 10.6 Å². The molecule has 0 aliphatic rings. The van der Waals surface area contributed by atoms with Gasteiger partial charge in [-0.05, 0) is 31.4 Å². The van der Waals surface area contributed by atoms with Crippen molar-refractivity contribution in [2.75, 3.05) is 29.7 Å². The number of halogens is 1. The van der Waals surface area contributed by atoms with E-state index in [1.54, 1.807) is 6.20 Å². The molecule has 1 aromatic heterocycles. The summed E-state index contributed by atoms with van der Waals surface area (Å²) in [5, 5.41) is 1.09. The first-order valence-electron chi connectivity index (χ1n) is 6.10. The number of fused-ring (bicyclic) bond motifs is 1. The van der Waals surface area contributed by atoms with Crippen molar-refractivity contribution in [3.63, 3.8) is 0 Å². The predicted molar refractivity (Wildman–Crippen MR) is 90.1 cm³/mol. The highest BCUT2D eigenvalue weighted by Crippen LogP contribution is 2.33. The van der Waals surface area contributed by atoms with E-state index < -0.39 is 0 Å². The number of hydrogen-bond acceptors (Lipinski definition) is 4. The third kappa shape index (κ3) is 2.98. The van der Waals surface area contributed by atoms with Crippen molar-refractivity contribution in [3.8, 4) is 0 Å². The van der Waals surface area contributed by atoms with Crippen LogP contribution in [-0.2, 0) is 0 Å². The second-order valence-electron chi connectivity index (χ2n) is 4.64. The van der Waals surface area contributed by atoms with Crippen molar-refractivity contribution < 1.29 is 0 Å². The van der Waals surface area contributed by atoms with E-state index in [0.29, 0.717) is 6.04 Å². The van der Waals surface area contributed by atoms with Crippen LogP contribution in [0.2, 0.25) is 0 Å². The lowest BCUT2D eigenvalue weighted by Crippen LogP contribution is -2.31. The molecule has 2 rings (SSSR count). The zero-order chi connectivity index (χ0) is 14.0. The highest BCUT2D eigenvalue weighted by molar-refractivity contribution is 9.10. The standard InChI is InChI=1S/C14H18BrN3S/c1-9(8-19-3)18(2)14-11-6-10(15)4-5-13(11)17-7-12(14)16/h4-7,9H,8,16H2,1-3H3. The zero-order valence-corrected chi connectivity index (χ0v) is 13.8. The molecule has 5 heteroatoms. The Morgan fingerprint density at radius 2 is 2.21 bits per heavy atom. The van der Waals surface area contributed by atoms with Crippen LogP contribution in [0.1, 0.15) is 6.92 Å². The number of thioether (sulfide) groups is 1. The molecule has 1 heterocycles. The van der Waals surface area contributed by atoms with E-state index in [1.807, 2.05) is 23.9 Å². The summed E-state index contributed by atoms with van der Waals surface area (Å²) in [6.07, 6.45) is 3.86. The van der Waals surface area contributed by atoms with Crippen LogP contribution in [0, 0.1) is 0 Å². The average molecular weight is 340 g/mol. The molecule has 1 unspecified atom stereocenters. The lowest BCUT2D eigenvalue weighted by Gasteiger charge is -2.28. The molecule has 0 saturated heterocycles. The minimum atomic E-state index is 0.418. The maximum absolute atomic E-state index is 6.15. The van der Waals surface area contributed by atoms with E-state index in [0.717, 1.165) is 32.5 Å². The Morgan fingerprint density at radius 1 is 1.47 bits per heavy atom. The highest BCUT2D eigenvalue weighted by Gasteiger charge is 2.16. The van der Waals surface area contributed by atoms with Crippen LogP contribution in [0.3, 0.4) is 0 Å². The van der Waals surface area contributed by atoms with Crippen LogP contribution in [0.5, 0.6) is 0 Å². The van der Waals surface area contributed by atoms with Gasteiger partial charge in [0.15, 0.2) is 0 Å². The molecule has 2 aromatic rings. The SMILES string of the molecule is CSCC(C)N(C)c1c(N)cnc2ccc(Br)cc12. The number of aromatic nitrogens is 1. The molecule has 19 heavy (non-hydrogen) atoms. The molecule has 102 valence electrons. The van der Waals surface area contributed by atoms with Gasteiger partial charge in [-0.3, -0.25) is 4.98 Å². The van der Waals surface area contributed by atoms with Crippen LogP contribution >= 0.6 is 27.7 Å². The maximum atomic E-state index is 6.15. The van der Waals surface area contributed by atoms with E-state index in [-0.39, 0.29) is 0 Å².